The van der Waals surface area contributed by atoms with E-state index in [2.05, 4.69) is 6.92 Å². The van der Waals surface area contributed by atoms with Crippen molar-refractivity contribution in [2.24, 2.45) is 0 Å². The van der Waals surface area contributed by atoms with Gasteiger partial charge in [-0.2, -0.15) is 0 Å². The lowest BCUT2D eigenvalue weighted by molar-refractivity contribution is -0.162. The second-order valence-electron chi connectivity index (χ2n) is 4.23. The summed E-state index contributed by atoms with van der Waals surface area (Å²) in [4.78, 5) is 22.1. The Bertz CT molecular complexity index is 213. The van der Waals surface area contributed by atoms with Crippen LogP contribution in [0.2, 0.25) is 0 Å². The third-order valence-electron chi connectivity index (χ3n) is 2.77. The lowest BCUT2D eigenvalue weighted by atomic mass is 9.88. The van der Waals surface area contributed by atoms with Crippen LogP contribution in [0.15, 0.2) is 0 Å². The summed E-state index contributed by atoms with van der Waals surface area (Å²) in [7, 11) is 0. The molecule has 1 atom stereocenters. The van der Waals surface area contributed by atoms with Gasteiger partial charge in [-0.1, -0.05) is 33.6 Å². The van der Waals surface area contributed by atoms with Crippen molar-refractivity contribution in [2.75, 3.05) is 0 Å². The molecule has 0 aliphatic heterocycles. The van der Waals surface area contributed by atoms with Crippen molar-refractivity contribution in [1.29, 1.82) is 0 Å². The first-order valence-electron chi connectivity index (χ1n) is 6.29. The third-order valence-corrected chi connectivity index (χ3v) is 2.77. The number of carbonyl (C=O) groups is 2. The second-order valence-corrected chi connectivity index (χ2v) is 4.23. The van der Waals surface area contributed by atoms with Gasteiger partial charge >= 0.3 is 5.97 Å². The van der Waals surface area contributed by atoms with Crippen LogP contribution in [0, 0.1) is 0 Å². The van der Waals surface area contributed by atoms with E-state index in [0.29, 0.717) is 12.8 Å². The molecule has 0 N–H and O–H groups in total. The molecule has 0 saturated heterocycles. The van der Waals surface area contributed by atoms with Crippen molar-refractivity contribution in [2.45, 2.75) is 71.3 Å². The number of ether oxygens (including phenoxy) is 1. The summed E-state index contributed by atoms with van der Waals surface area (Å²) in [5, 5.41) is 0. The molecule has 0 spiro atoms. The van der Waals surface area contributed by atoms with Crippen molar-refractivity contribution in [3.8, 4) is 0 Å². The molecule has 0 aromatic carbocycles. The molecule has 94 valence electrons. The van der Waals surface area contributed by atoms with Gasteiger partial charge < -0.3 is 9.53 Å². The molecular formula is C13H24O3. The molecule has 0 radical (unpaired) electrons. The van der Waals surface area contributed by atoms with Crippen LogP contribution in [0.5, 0.6) is 0 Å². The lowest BCUT2D eigenvalue weighted by Gasteiger charge is -2.31. The maximum Gasteiger partial charge on any atom is 0.306 e. The number of esters is 1. The summed E-state index contributed by atoms with van der Waals surface area (Å²) in [5.74, 6) is -0.202. The fourth-order valence-electron chi connectivity index (χ4n) is 1.89. The smallest absolute Gasteiger partial charge is 0.306 e. The van der Waals surface area contributed by atoms with E-state index in [1.54, 1.807) is 6.92 Å². The molecule has 0 heterocycles. The SMILES string of the molecule is CCCCC(CC=O)(CCC)OC(=O)CC. The summed E-state index contributed by atoms with van der Waals surface area (Å²) in [5.41, 5.74) is -0.542. The third kappa shape index (κ3) is 5.29. The molecule has 16 heavy (non-hydrogen) atoms. The average Bonchev–Trinajstić information content (AvgIpc) is 2.27. The van der Waals surface area contributed by atoms with Crippen LogP contribution in [0.3, 0.4) is 0 Å². The van der Waals surface area contributed by atoms with E-state index in [0.717, 1.165) is 38.4 Å². The van der Waals surface area contributed by atoms with Crippen LogP contribution < -0.4 is 0 Å². The highest BCUT2D eigenvalue weighted by Crippen LogP contribution is 2.28. The summed E-state index contributed by atoms with van der Waals surface area (Å²) >= 11 is 0. The van der Waals surface area contributed by atoms with E-state index in [1.807, 2.05) is 6.92 Å². The minimum atomic E-state index is -0.542. The fourth-order valence-corrected chi connectivity index (χ4v) is 1.89. The van der Waals surface area contributed by atoms with Gasteiger partial charge in [0.05, 0.1) is 0 Å². The predicted molar refractivity (Wildman–Crippen MR) is 64.2 cm³/mol. The Morgan fingerprint density at radius 2 is 1.88 bits per heavy atom. The molecular weight excluding hydrogens is 204 g/mol. The summed E-state index contributed by atoms with van der Waals surface area (Å²) in [6.07, 6.45) is 6.10. The van der Waals surface area contributed by atoms with E-state index in [1.165, 1.54) is 0 Å². The van der Waals surface area contributed by atoms with Crippen LogP contribution in [0.1, 0.15) is 65.7 Å². The van der Waals surface area contributed by atoms with E-state index in [9.17, 15) is 9.59 Å². The van der Waals surface area contributed by atoms with Gasteiger partial charge in [-0.3, -0.25) is 4.79 Å². The predicted octanol–water partition coefficient (Wildman–Crippen LogP) is 3.26. The minimum absolute atomic E-state index is 0.202. The molecule has 3 heteroatoms. The maximum absolute atomic E-state index is 11.4. The Labute approximate surface area is 98.6 Å². The van der Waals surface area contributed by atoms with Gasteiger partial charge in [-0.15, -0.1) is 0 Å². The molecule has 1 unspecified atom stereocenters. The summed E-state index contributed by atoms with van der Waals surface area (Å²) in [6, 6.07) is 0. The molecule has 0 aromatic rings. The van der Waals surface area contributed by atoms with Gasteiger partial charge in [0.2, 0.25) is 0 Å². The maximum atomic E-state index is 11.4. The molecule has 0 bridgehead atoms. The van der Waals surface area contributed by atoms with Crippen LogP contribution in [0.25, 0.3) is 0 Å². The Kier molecular flexibility index (Phi) is 7.86. The lowest BCUT2D eigenvalue weighted by Crippen LogP contribution is -2.35. The van der Waals surface area contributed by atoms with E-state index in [-0.39, 0.29) is 5.97 Å². The molecule has 0 saturated carbocycles. The van der Waals surface area contributed by atoms with Gasteiger partial charge in [0, 0.05) is 12.8 Å². The standard InChI is InChI=1S/C13H24O3/c1-4-7-9-13(8-5-2,10-11-14)16-12(15)6-3/h11H,4-10H2,1-3H3. The van der Waals surface area contributed by atoms with Gasteiger partial charge in [0.25, 0.3) is 0 Å². The summed E-state index contributed by atoms with van der Waals surface area (Å²) in [6.45, 7) is 5.92. The number of rotatable bonds is 9. The monoisotopic (exact) mass is 228 g/mol. The molecule has 0 aliphatic carbocycles. The van der Waals surface area contributed by atoms with Crippen LogP contribution >= 0.6 is 0 Å². The van der Waals surface area contributed by atoms with E-state index in [4.69, 9.17) is 4.74 Å². The normalized spacial score (nSPS) is 14.2. The number of carbonyl (C=O) groups excluding carboxylic acids is 2. The van der Waals surface area contributed by atoms with Gasteiger partial charge in [-0.25, -0.2) is 0 Å². The molecule has 0 rings (SSSR count). The second kappa shape index (κ2) is 8.31. The minimum Gasteiger partial charge on any atom is -0.459 e. The Hall–Kier alpha value is -0.860. The zero-order valence-electron chi connectivity index (χ0n) is 10.8. The number of hydrogen-bond acceptors (Lipinski definition) is 3. The van der Waals surface area contributed by atoms with Crippen LogP contribution in [-0.2, 0) is 14.3 Å². The van der Waals surface area contributed by atoms with Gasteiger partial charge in [-0.05, 0) is 19.3 Å². The highest BCUT2D eigenvalue weighted by molar-refractivity contribution is 5.70. The Morgan fingerprint density at radius 3 is 2.31 bits per heavy atom. The van der Waals surface area contributed by atoms with E-state index >= 15 is 0 Å². The largest absolute Gasteiger partial charge is 0.459 e. The van der Waals surface area contributed by atoms with Crippen molar-refractivity contribution < 1.29 is 14.3 Å². The quantitative estimate of drug-likeness (QED) is 0.449. The van der Waals surface area contributed by atoms with Gasteiger partial charge in [0.15, 0.2) is 0 Å². The van der Waals surface area contributed by atoms with Crippen LogP contribution in [0.4, 0.5) is 0 Å². The molecule has 0 fully saturated rings. The highest BCUT2D eigenvalue weighted by atomic mass is 16.6. The van der Waals surface area contributed by atoms with E-state index < -0.39 is 5.60 Å². The molecule has 0 aliphatic rings. The van der Waals surface area contributed by atoms with Crippen molar-refractivity contribution in [3.63, 3.8) is 0 Å². The highest BCUT2D eigenvalue weighted by Gasteiger charge is 2.32. The molecule has 0 amide bonds. The molecule has 0 aromatic heterocycles. The van der Waals surface area contributed by atoms with Gasteiger partial charge in [0.1, 0.15) is 11.9 Å². The summed E-state index contributed by atoms with van der Waals surface area (Å²) < 4.78 is 5.50. The first-order chi connectivity index (χ1) is 7.64. The van der Waals surface area contributed by atoms with Crippen LogP contribution in [-0.4, -0.2) is 17.9 Å². The topological polar surface area (TPSA) is 43.4 Å². The van der Waals surface area contributed by atoms with Crippen molar-refractivity contribution in [3.05, 3.63) is 0 Å². The molecule has 3 nitrogen and oxygen atoms in total. The first-order valence-corrected chi connectivity index (χ1v) is 6.29. The Morgan fingerprint density at radius 1 is 1.19 bits per heavy atom. The first kappa shape index (κ1) is 15.1. The van der Waals surface area contributed by atoms with Crippen molar-refractivity contribution >= 4 is 12.3 Å². The number of aldehydes is 1. The zero-order valence-corrected chi connectivity index (χ0v) is 10.8. The zero-order chi connectivity index (χ0) is 12.4. The average molecular weight is 228 g/mol. The number of unbranched alkanes of at least 4 members (excludes halogenated alkanes) is 1. The van der Waals surface area contributed by atoms with Crippen molar-refractivity contribution in [1.82, 2.24) is 0 Å². The number of hydrogen-bond donors (Lipinski definition) is 0. The fraction of sp³-hybridized carbons (Fsp3) is 0.846. The Balaban J connectivity index is 4.61.